The van der Waals surface area contributed by atoms with Crippen LogP contribution in [0.3, 0.4) is 0 Å². The summed E-state index contributed by atoms with van der Waals surface area (Å²) in [4.78, 5) is 17.1. The van der Waals surface area contributed by atoms with E-state index in [-0.39, 0.29) is 38.7 Å². The third kappa shape index (κ3) is 7.49. The molecule has 3 aliphatic rings. The van der Waals surface area contributed by atoms with Crippen molar-refractivity contribution in [3.8, 4) is 0 Å². The van der Waals surface area contributed by atoms with Crippen molar-refractivity contribution in [2.24, 2.45) is 0 Å². The molecule has 6 aromatic carbocycles. The van der Waals surface area contributed by atoms with E-state index in [1.165, 1.54) is 21.6 Å². The molecule has 2 aromatic heterocycles. The van der Waals surface area contributed by atoms with Crippen LogP contribution < -0.4 is 30.4 Å². The first-order chi connectivity index (χ1) is 36.7. The fourth-order valence-corrected chi connectivity index (χ4v) is 11.9. The predicted molar refractivity (Wildman–Crippen MR) is 298 cm³/mol. The minimum Gasteiger partial charge on any atom is -0.310 e. The Balaban J connectivity index is 1.29. The van der Waals surface area contributed by atoms with E-state index >= 15 is 0 Å². The fraction of sp³-hybridized carbons (Fsp3) is 0.323. The second kappa shape index (κ2) is 15.7. The minimum atomic E-state index is -0.635. The zero-order chi connectivity index (χ0) is 57.3. The van der Waals surface area contributed by atoms with Gasteiger partial charge in [-0.2, -0.15) is 0 Å². The molecule has 0 atom stereocenters. The molecule has 0 bridgehead atoms. The van der Waals surface area contributed by atoms with Crippen molar-refractivity contribution >= 4 is 95.3 Å². The number of hydrogen-bond acceptors (Lipinski definition) is 6. The summed E-state index contributed by atoms with van der Waals surface area (Å²) in [5.41, 5.74) is 8.66. The lowest BCUT2D eigenvalue weighted by molar-refractivity contribution is 0.332. The van der Waals surface area contributed by atoms with E-state index < -0.39 is 72.6 Å². The topological polar surface area (TPSA) is 35.5 Å². The van der Waals surface area contributed by atoms with Crippen LogP contribution in [-0.4, -0.2) is 16.7 Å². The molecule has 11 rings (SSSR count). The third-order valence-electron chi connectivity index (χ3n) is 14.7. The van der Waals surface area contributed by atoms with Crippen LogP contribution >= 0.6 is 11.3 Å². The fourth-order valence-electron chi connectivity index (χ4n) is 10.6. The van der Waals surface area contributed by atoms with Crippen LogP contribution in [0.4, 0.5) is 51.4 Å². The summed E-state index contributed by atoms with van der Waals surface area (Å²) in [5, 5.41) is 1.08. The van der Waals surface area contributed by atoms with Gasteiger partial charge in [0.15, 0.2) is 0 Å². The second-order valence-corrected chi connectivity index (χ2v) is 24.6. The average molecular weight is 934 g/mol. The van der Waals surface area contributed by atoms with Gasteiger partial charge >= 0.3 is 0 Å². The van der Waals surface area contributed by atoms with Crippen LogP contribution in [0.2, 0.25) is 0 Å². The van der Waals surface area contributed by atoms with Gasteiger partial charge in [0.2, 0.25) is 0 Å². The Morgan fingerprint density at radius 1 is 0.580 bits per heavy atom. The third-order valence-corrected chi connectivity index (χ3v) is 15.9. The van der Waals surface area contributed by atoms with Crippen LogP contribution in [0.15, 0.2) is 139 Å². The Bertz CT molecular complexity index is 3780. The summed E-state index contributed by atoms with van der Waals surface area (Å²) in [7, 11) is 0. The summed E-state index contributed by atoms with van der Waals surface area (Å²) in [6.07, 6.45) is 2.13. The van der Waals surface area contributed by atoms with Crippen molar-refractivity contribution in [3.63, 3.8) is 0 Å². The molecule has 5 nitrogen and oxygen atoms in total. The van der Waals surface area contributed by atoms with E-state index in [1.54, 1.807) is 17.4 Å². The number of thiophene rings is 1. The van der Waals surface area contributed by atoms with E-state index in [4.69, 9.17) is 18.2 Å². The predicted octanol–water partition coefficient (Wildman–Crippen LogP) is 15.5. The van der Waals surface area contributed by atoms with Crippen LogP contribution in [0.5, 0.6) is 0 Å². The summed E-state index contributed by atoms with van der Waals surface area (Å²) >= 11 is 1.75. The molecule has 1 aliphatic carbocycles. The van der Waals surface area contributed by atoms with Crippen LogP contribution in [0.1, 0.15) is 145 Å². The lowest BCUT2D eigenvalue weighted by atomic mass is 9.37. The van der Waals surface area contributed by atoms with Gasteiger partial charge in [-0.3, -0.25) is 9.80 Å². The van der Waals surface area contributed by atoms with Crippen molar-refractivity contribution < 1.29 is 13.7 Å². The van der Waals surface area contributed by atoms with Gasteiger partial charge in [0.1, 0.15) is 17.5 Å². The van der Waals surface area contributed by atoms with Gasteiger partial charge in [-0.1, -0.05) is 163 Å². The molecule has 0 spiro atoms. The molecule has 0 radical (unpaired) electrons. The van der Waals surface area contributed by atoms with Gasteiger partial charge in [-0.25, -0.2) is 9.97 Å². The molecule has 0 fully saturated rings. The molecule has 0 amide bonds. The van der Waals surface area contributed by atoms with Crippen LogP contribution in [0.25, 0.3) is 10.1 Å². The van der Waals surface area contributed by atoms with E-state index in [1.807, 2.05) is 12.1 Å². The van der Waals surface area contributed by atoms with Gasteiger partial charge in [0.25, 0.3) is 6.71 Å². The SMILES string of the molecule is [2H]c1c([2H])c([2H])c(N(c2ccc3c(c2)N(c2ccc(C(C)(C)C)cc2)c2nc(C(C)(C)C)nc4c2B3c2sc3cc(C(C)(C)C)ccc3c2N4c2ccc3c(c2)C(C)(C)CCC3(C)C)c2c([2H])c([2H])c([2H])c([2H])c2[2H])c([2H])c1[2H]. The van der Waals surface area contributed by atoms with Crippen molar-refractivity contribution in [1.82, 2.24) is 9.97 Å². The molecule has 0 unspecified atom stereocenters. The Morgan fingerprint density at radius 3 is 1.74 bits per heavy atom. The summed E-state index contributed by atoms with van der Waals surface area (Å²) in [5.74, 6) is 2.00. The number of anilines is 9. The number of fused-ring (bicyclic) bond motifs is 7. The maximum atomic E-state index is 9.33. The first kappa shape index (κ1) is 35.0. The summed E-state index contributed by atoms with van der Waals surface area (Å²) < 4.78 is 92.0. The smallest absolute Gasteiger partial charge is 0.268 e. The number of benzene rings is 6. The molecular formula is C62H66BN5S. The molecule has 348 valence electrons. The maximum absolute atomic E-state index is 9.33. The van der Waals surface area contributed by atoms with Gasteiger partial charge in [-0.15, -0.1) is 11.3 Å². The number of rotatable bonds is 5. The van der Waals surface area contributed by atoms with E-state index in [0.29, 0.717) is 17.3 Å². The largest absolute Gasteiger partial charge is 0.310 e. The van der Waals surface area contributed by atoms with Gasteiger partial charge in [0.05, 0.1) is 19.4 Å². The highest BCUT2D eigenvalue weighted by atomic mass is 32.1. The molecule has 0 saturated carbocycles. The first-order valence-electron chi connectivity index (χ1n) is 29.2. The highest BCUT2D eigenvalue weighted by molar-refractivity contribution is 7.33. The maximum Gasteiger partial charge on any atom is 0.268 e. The van der Waals surface area contributed by atoms with Crippen LogP contribution in [-0.2, 0) is 27.1 Å². The second-order valence-electron chi connectivity index (χ2n) is 23.6. The Kier molecular flexibility index (Phi) is 7.95. The van der Waals surface area contributed by atoms with E-state index in [9.17, 15) is 5.48 Å². The average Bonchev–Trinajstić information content (AvgIpc) is 2.93. The molecule has 2 aliphatic heterocycles. The number of nitrogens with zero attached hydrogens (tertiary/aromatic N) is 5. The molecule has 4 heterocycles. The molecular weight excluding hydrogens is 858 g/mol. The minimum absolute atomic E-state index is 0.0142. The normalized spacial score (nSPS) is 18.0. The van der Waals surface area contributed by atoms with Crippen molar-refractivity contribution in [1.29, 1.82) is 0 Å². The number of hydrogen-bond donors (Lipinski definition) is 0. The lowest BCUT2D eigenvalue weighted by Gasteiger charge is -2.44. The summed E-state index contributed by atoms with van der Waals surface area (Å²) in [6.45, 7) is 28.5. The molecule has 8 aromatic rings. The molecule has 7 heteroatoms. The Labute approximate surface area is 429 Å². The monoisotopic (exact) mass is 934 g/mol. The van der Waals surface area contributed by atoms with Gasteiger partial charge < -0.3 is 4.90 Å². The first-order valence-corrected chi connectivity index (χ1v) is 25.0. The Hall–Kier alpha value is -6.18. The van der Waals surface area contributed by atoms with Gasteiger partial charge in [0, 0.05) is 59.9 Å². The van der Waals surface area contributed by atoms with Crippen LogP contribution in [0, 0.1) is 0 Å². The highest BCUT2D eigenvalue weighted by Crippen LogP contribution is 2.52. The quantitative estimate of drug-likeness (QED) is 0.161. The molecule has 0 N–H and O–H groups in total. The van der Waals surface area contributed by atoms with E-state index in [0.717, 1.165) is 67.1 Å². The standard InChI is InChI=1S/C62H66BN5S/c1-58(2,3)39-24-27-43(28-25-39)67-50-38-45(66(41-20-16-14-17-21-41)42-22-18-15-19-23-42)30-33-49(50)63-52-55(67)64-57(60(7,8)9)65-56(52)68(44-29-32-47-48(37-44)62(12,13)35-34-61(47,10)11)53-46-31-26-40(59(4,5)6)36-51(46)69-54(53)63/h14-33,36-38H,34-35H2,1-13H3/i14D,15D,16D,17D,18D,19D,20D,21D,22D,23D. The Morgan fingerprint density at radius 2 is 1.14 bits per heavy atom. The zero-order valence-electron chi connectivity index (χ0n) is 52.1. The van der Waals surface area contributed by atoms with Crippen molar-refractivity contribution in [3.05, 3.63) is 167 Å². The molecule has 69 heavy (non-hydrogen) atoms. The highest BCUT2D eigenvalue weighted by Gasteiger charge is 2.48. The number of aromatic nitrogens is 2. The zero-order valence-corrected chi connectivity index (χ0v) is 43.0. The summed E-state index contributed by atoms with van der Waals surface area (Å²) in [6, 6.07) is 21.6. The van der Waals surface area contributed by atoms with Gasteiger partial charge in [-0.05, 0) is 129 Å². The molecule has 0 saturated heterocycles. The van der Waals surface area contributed by atoms with Crippen molar-refractivity contribution in [2.75, 3.05) is 14.7 Å². The number of para-hydroxylation sites is 2. The van der Waals surface area contributed by atoms with E-state index in [2.05, 4.69) is 160 Å². The lowest BCUT2D eigenvalue weighted by Crippen LogP contribution is -2.61. The van der Waals surface area contributed by atoms with Crippen molar-refractivity contribution in [2.45, 2.75) is 130 Å².